The van der Waals surface area contributed by atoms with E-state index in [1.54, 1.807) is 14.0 Å². The molecule has 0 spiro atoms. The van der Waals surface area contributed by atoms with Crippen LogP contribution in [0.5, 0.6) is 0 Å². The van der Waals surface area contributed by atoms with Crippen LogP contribution in [-0.2, 0) is 9.53 Å². The molecule has 0 aromatic carbocycles. The smallest absolute Gasteiger partial charge is 0.323 e. The average molecular weight is 260 g/mol. The topological polar surface area (TPSA) is 61.8 Å². The van der Waals surface area contributed by atoms with Crippen molar-refractivity contribution < 1.29 is 14.6 Å². The van der Waals surface area contributed by atoms with Crippen LogP contribution in [0, 0.1) is 0 Å². The number of carboxylic acid groups (broad SMARTS) is 1. The van der Waals surface area contributed by atoms with Crippen molar-refractivity contribution in [2.75, 3.05) is 33.9 Å². The molecule has 0 radical (unpaired) electrons. The lowest BCUT2D eigenvalue weighted by Gasteiger charge is -2.29. The lowest BCUT2D eigenvalue weighted by Crippen LogP contribution is -2.52. The fourth-order valence-corrected chi connectivity index (χ4v) is 1.94. The van der Waals surface area contributed by atoms with Crippen molar-refractivity contribution in [3.05, 3.63) is 0 Å². The maximum atomic E-state index is 11.3. The Morgan fingerprint density at radius 1 is 1.44 bits per heavy atom. The van der Waals surface area contributed by atoms with Crippen LogP contribution in [0.1, 0.15) is 33.6 Å². The molecule has 0 aliphatic heterocycles. The molecular formula is C13H28N2O3. The first-order chi connectivity index (χ1) is 8.31. The summed E-state index contributed by atoms with van der Waals surface area (Å²) < 4.78 is 5.00. The van der Waals surface area contributed by atoms with E-state index in [1.807, 2.05) is 20.9 Å². The van der Waals surface area contributed by atoms with Crippen molar-refractivity contribution in [3.8, 4) is 0 Å². The minimum Gasteiger partial charge on any atom is -0.480 e. The second-order valence-electron chi connectivity index (χ2n) is 5.34. The molecule has 0 aliphatic rings. The summed E-state index contributed by atoms with van der Waals surface area (Å²) in [6.45, 7) is 8.14. The molecule has 5 nitrogen and oxygen atoms in total. The Hall–Kier alpha value is -0.650. The van der Waals surface area contributed by atoms with Crippen molar-refractivity contribution >= 4 is 5.97 Å². The molecule has 0 saturated carbocycles. The molecule has 18 heavy (non-hydrogen) atoms. The van der Waals surface area contributed by atoms with E-state index in [4.69, 9.17) is 4.74 Å². The van der Waals surface area contributed by atoms with E-state index in [0.717, 1.165) is 19.5 Å². The molecule has 2 N–H and O–H groups in total. The Balaban J connectivity index is 4.08. The van der Waals surface area contributed by atoms with Gasteiger partial charge in [-0.2, -0.15) is 0 Å². The Morgan fingerprint density at radius 3 is 2.50 bits per heavy atom. The van der Waals surface area contributed by atoms with E-state index >= 15 is 0 Å². The quantitative estimate of drug-likeness (QED) is 0.618. The molecule has 0 heterocycles. The molecule has 5 heteroatoms. The highest BCUT2D eigenvalue weighted by Crippen LogP contribution is 2.14. The predicted molar refractivity (Wildman–Crippen MR) is 72.9 cm³/mol. The normalized spacial score (nSPS) is 15.1. The first kappa shape index (κ1) is 17.4. The first-order valence-corrected chi connectivity index (χ1v) is 6.50. The third kappa shape index (κ3) is 6.93. The fraction of sp³-hybridized carbons (Fsp3) is 0.923. The van der Waals surface area contributed by atoms with Gasteiger partial charge >= 0.3 is 5.97 Å². The monoisotopic (exact) mass is 260 g/mol. The average Bonchev–Trinajstić information content (AvgIpc) is 2.25. The van der Waals surface area contributed by atoms with E-state index in [9.17, 15) is 9.90 Å². The highest BCUT2D eigenvalue weighted by molar-refractivity contribution is 5.78. The van der Waals surface area contributed by atoms with Gasteiger partial charge in [-0.1, -0.05) is 0 Å². The molecule has 0 rings (SSSR count). The van der Waals surface area contributed by atoms with Crippen LogP contribution in [0.2, 0.25) is 0 Å². The number of carboxylic acids is 1. The summed E-state index contributed by atoms with van der Waals surface area (Å²) in [7, 11) is 3.70. The molecule has 0 amide bonds. The van der Waals surface area contributed by atoms with Crippen LogP contribution in [0.25, 0.3) is 0 Å². The van der Waals surface area contributed by atoms with Gasteiger partial charge in [0.2, 0.25) is 0 Å². The largest absolute Gasteiger partial charge is 0.480 e. The predicted octanol–water partition coefficient (Wildman–Crippen LogP) is 1.19. The second-order valence-corrected chi connectivity index (χ2v) is 5.34. The van der Waals surface area contributed by atoms with Crippen LogP contribution in [0.15, 0.2) is 0 Å². The molecule has 1 atom stereocenters. The van der Waals surface area contributed by atoms with Crippen molar-refractivity contribution in [3.63, 3.8) is 0 Å². The van der Waals surface area contributed by atoms with E-state index < -0.39 is 11.5 Å². The number of nitrogens with zero attached hydrogens (tertiary/aromatic N) is 1. The molecule has 0 aromatic rings. The summed E-state index contributed by atoms with van der Waals surface area (Å²) in [4.78, 5) is 13.5. The van der Waals surface area contributed by atoms with Crippen LogP contribution in [0.4, 0.5) is 0 Å². The van der Waals surface area contributed by atoms with Gasteiger partial charge in [-0.05, 0) is 47.2 Å². The summed E-state index contributed by atoms with van der Waals surface area (Å²) >= 11 is 0. The standard InChI is InChI=1S/C13H28N2O3/c1-11(2)14-13(3,12(16)17)7-6-8-15(4)9-10-18-5/h11,14H,6-10H2,1-5H3,(H,16,17). The molecule has 0 bridgehead atoms. The maximum Gasteiger partial charge on any atom is 0.323 e. The highest BCUT2D eigenvalue weighted by Gasteiger charge is 2.32. The van der Waals surface area contributed by atoms with E-state index in [1.165, 1.54) is 0 Å². The van der Waals surface area contributed by atoms with Crippen LogP contribution < -0.4 is 5.32 Å². The Morgan fingerprint density at radius 2 is 2.06 bits per heavy atom. The zero-order valence-electron chi connectivity index (χ0n) is 12.3. The molecule has 0 saturated heterocycles. The van der Waals surface area contributed by atoms with Gasteiger partial charge in [0.15, 0.2) is 0 Å². The lowest BCUT2D eigenvalue weighted by atomic mass is 9.95. The number of nitrogens with one attached hydrogen (secondary N) is 1. The maximum absolute atomic E-state index is 11.3. The number of hydrogen-bond donors (Lipinski definition) is 2. The van der Waals surface area contributed by atoms with Gasteiger partial charge < -0.3 is 14.7 Å². The molecule has 0 aliphatic carbocycles. The van der Waals surface area contributed by atoms with Gasteiger partial charge in [0.05, 0.1) is 6.61 Å². The minimum atomic E-state index is -0.837. The summed E-state index contributed by atoms with van der Waals surface area (Å²) in [5.74, 6) is -0.782. The highest BCUT2D eigenvalue weighted by atomic mass is 16.5. The van der Waals surface area contributed by atoms with Gasteiger partial charge in [-0.25, -0.2) is 0 Å². The third-order valence-electron chi connectivity index (χ3n) is 2.97. The first-order valence-electron chi connectivity index (χ1n) is 6.50. The molecule has 0 fully saturated rings. The van der Waals surface area contributed by atoms with Crippen LogP contribution in [-0.4, -0.2) is 61.4 Å². The van der Waals surface area contributed by atoms with E-state index in [2.05, 4.69) is 10.2 Å². The Kier molecular flexibility index (Phi) is 8.15. The number of aliphatic carboxylic acids is 1. The van der Waals surface area contributed by atoms with Gasteiger partial charge in [0.25, 0.3) is 0 Å². The van der Waals surface area contributed by atoms with E-state index in [-0.39, 0.29) is 6.04 Å². The zero-order valence-corrected chi connectivity index (χ0v) is 12.3. The number of likely N-dealkylation sites (N-methyl/N-ethyl adjacent to an activating group) is 1. The molecule has 0 aromatic heterocycles. The summed E-state index contributed by atoms with van der Waals surface area (Å²) in [5.41, 5.74) is -0.837. The number of ether oxygens (including phenoxy) is 1. The Labute approximate surface area is 110 Å². The second kappa shape index (κ2) is 8.45. The van der Waals surface area contributed by atoms with Crippen LogP contribution in [0.3, 0.4) is 0 Å². The molecule has 108 valence electrons. The van der Waals surface area contributed by atoms with E-state index in [0.29, 0.717) is 13.0 Å². The number of carbonyl (C=O) groups is 1. The fourth-order valence-electron chi connectivity index (χ4n) is 1.94. The zero-order chi connectivity index (χ0) is 14.2. The Bertz CT molecular complexity index is 246. The van der Waals surface area contributed by atoms with Gasteiger partial charge in [0.1, 0.15) is 5.54 Å². The van der Waals surface area contributed by atoms with Crippen molar-refractivity contribution in [1.29, 1.82) is 0 Å². The molecular weight excluding hydrogens is 232 g/mol. The van der Waals surface area contributed by atoms with Crippen molar-refractivity contribution in [1.82, 2.24) is 10.2 Å². The van der Waals surface area contributed by atoms with Gasteiger partial charge in [0, 0.05) is 19.7 Å². The minimum absolute atomic E-state index is 0.164. The summed E-state index contributed by atoms with van der Waals surface area (Å²) in [6, 6.07) is 0.164. The van der Waals surface area contributed by atoms with Gasteiger partial charge in [-0.15, -0.1) is 0 Å². The third-order valence-corrected chi connectivity index (χ3v) is 2.97. The SMILES string of the molecule is COCCN(C)CCCC(C)(NC(C)C)C(=O)O. The molecule has 1 unspecified atom stereocenters. The van der Waals surface area contributed by atoms with Gasteiger partial charge in [-0.3, -0.25) is 10.1 Å². The summed E-state index contributed by atoms with van der Waals surface area (Å²) in [5, 5.41) is 12.4. The van der Waals surface area contributed by atoms with Crippen molar-refractivity contribution in [2.24, 2.45) is 0 Å². The number of hydrogen-bond acceptors (Lipinski definition) is 4. The summed E-state index contributed by atoms with van der Waals surface area (Å²) in [6.07, 6.45) is 1.47. The lowest BCUT2D eigenvalue weighted by molar-refractivity contribution is -0.144. The van der Waals surface area contributed by atoms with Crippen molar-refractivity contribution in [2.45, 2.75) is 45.2 Å². The number of rotatable bonds is 10. The number of methoxy groups -OCH3 is 1. The van der Waals surface area contributed by atoms with Crippen LogP contribution >= 0.6 is 0 Å².